The summed E-state index contributed by atoms with van der Waals surface area (Å²) in [5, 5.41) is 20.5. The van der Waals surface area contributed by atoms with Crippen LogP contribution in [0, 0.1) is 0 Å². The van der Waals surface area contributed by atoms with Crippen LogP contribution in [-0.4, -0.2) is 36.5 Å². The second kappa shape index (κ2) is 7.40. The van der Waals surface area contributed by atoms with Gasteiger partial charge in [0, 0.05) is 23.5 Å². The van der Waals surface area contributed by atoms with Gasteiger partial charge in [0.05, 0.1) is 18.3 Å². The van der Waals surface area contributed by atoms with E-state index in [2.05, 4.69) is 15.5 Å². The summed E-state index contributed by atoms with van der Waals surface area (Å²) in [6, 6.07) is 8.45. The first-order valence-electron chi connectivity index (χ1n) is 7.79. The molecule has 1 atom stereocenters. The Morgan fingerprint density at radius 3 is 2.77 bits per heavy atom. The van der Waals surface area contributed by atoms with E-state index in [1.165, 1.54) is 17.1 Å². The first-order chi connectivity index (χ1) is 12.4. The molecule has 1 amide bonds. The maximum absolute atomic E-state index is 12.3. The smallest absolute Gasteiger partial charge is 0.338 e. The number of amides is 1. The highest BCUT2D eigenvalue weighted by molar-refractivity contribution is 6.31. The molecule has 1 unspecified atom stereocenters. The van der Waals surface area contributed by atoms with Crippen molar-refractivity contribution >= 4 is 29.3 Å². The van der Waals surface area contributed by atoms with Gasteiger partial charge in [0.15, 0.2) is 5.82 Å². The molecule has 0 bridgehead atoms. The number of carboxylic acids is 1. The topological polar surface area (TPSA) is 102 Å². The molecular weight excluding hydrogens is 358 g/mol. The number of hydrogen-bond donors (Lipinski definition) is 2. The second-order valence-corrected chi connectivity index (χ2v) is 6.08. The van der Waals surface area contributed by atoms with Gasteiger partial charge < -0.3 is 10.4 Å². The fraction of sp³-hybridized carbons (Fsp3) is 0.176. The summed E-state index contributed by atoms with van der Waals surface area (Å²) in [7, 11) is 0. The number of nitrogens with one attached hydrogen (secondary N) is 1. The van der Waals surface area contributed by atoms with Crippen molar-refractivity contribution in [2.45, 2.75) is 19.5 Å². The number of aromatic carboxylic acids is 1. The molecule has 2 N–H and O–H groups in total. The molecule has 0 saturated carbocycles. The molecule has 26 heavy (non-hydrogen) atoms. The van der Waals surface area contributed by atoms with E-state index in [-0.39, 0.29) is 11.5 Å². The molecule has 9 heteroatoms. The summed E-state index contributed by atoms with van der Waals surface area (Å²) in [5.41, 5.74) is 0.940. The van der Waals surface area contributed by atoms with E-state index < -0.39 is 12.0 Å². The number of carbonyl (C=O) groups is 2. The number of aromatic nitrogens is 4. The maximum atomic E-state index is 12.3. The van der Waals surface area contributed by atoms with Crippen LogP contribution in [0.5, 0.6) is 0 Å². The normalized spacial score (nSPS) is 11.9. The number of carbonyl (C=O) groups excluding carboxylic acids is 1. The molecule has 0 fully saturated rings. The first kappa shape index (κ1) is 17.7. The van der Waals surface area contributed by atoms with Crippen LogP contribution >= 0.6 is 11.6 Å². The lowest BCUT2D eigenvalue weighted by Crippen LogP contribution is -2.24. The Morgan fingerprint density at radius 2 is 2.08 bits per heavy atom. The zero-order valence-corrected chi connectivity index (χ0v) is 14.6. The highest BCUT2D eigenvalue weighted by atomic mass is 35.5. The molecule has 3 rings (SSSR count). The van der Waals surface area contributed by atoms with Crippen molar-refractivity contribution in [3.8, 4) is 0 Å². The monoisotopic (exact) mass is 373 g/mol. The van der Waals surface area contributed by atoms with Crippen LogP contribution in [0.1, 0.15) is 28.9 Å². The third-order valence-corrected chi connectivity index (χ3v) is 4.18. The molecule has 0 aliphatic heterocycles. The molecule has 0 aliphatic rings. The van der Waals surface area contributed by atoms with Crippen LogP contribution in [0.25, 0.3) is 0 Å². The van der Waals surface area contributed by atoms with Gasteiger partial charge in [-0.25, -0.2) is 4.79 Å². The fourth-order valence-electron chi connectivity index (χ4n) is 2.33. The summed E-state index contributed by atoms with van der Waals surface area (Å²) >= 11 is 6.14. The van der Waals surface area contributed by atoms with Gasteiger partial charge in [-0.05, 0) is 18.6 Å². The lowest BCUT2D eigenvalue weighted by atomic mass is 10.2. The summed E-state index contributed by atoms with van der Waals surface area (Å²) < 4.78 is 2.96. The number of anilines is 1. The van der Waals surface area contributed by atoms with Gasteiger partial charge in [0.25, 0.3) is 0 Å². The average Bonchev–Trinajstić information content (AvgIpc) is 3.26. The van der Waals surface area contributed by atoms with Crippen molar-refractivity contribution < 1.29 is 14.7 Å². The Morgan fingerprint density at radius 1 is 1.31 bits per heavy atom. The van der Waals surface area contributed by atoms with E-state index in [1.807, 2.05) is 18.2 Å². The van der Waals surface area contributed by atoms with Crippen molar-refractivity contribution in [1.29, 1.82) is 0 Å². The van der Waals surface area contributed by atoms with Crippen molar-refractivity contribution in [3.63, 3.8) is 0 Å². The number of rotatable bonds is 6. The molecule has 2 aromatic heterocycles. The van der Waals surface area contributed by atoms with Gasteiger partial charge in [-0.15, -0.1) is 0 Å². The van der Waals surface area contributed by atoms with E-state index in [9.17, 15) is 9.59 Å². The maximum Gasteiger partial charge on any atom is 0.338 e. The molecule has 0 saturated heterocycles. The predicted octanol–water partition coefficient (Wildman–Crippen LogP) is 2.68. The van der Waals surface area contributed by atoms with Crippen LogP contribution in [0.15, 0.2) is 48.9 Å². The largest absolute Gasteiger partial charge is 0.478 e. The van der Waals surface area contributed by atoms with Gasteiger partial charge in [0.2, 0.25) is 5.91 Å². The Balaban J connectivity index is 1.65. The van der Waals surface area contributed by atoms with Crippen LogP contribution in [0.3, 0.4) is 0 Å². The summed E-state index contributed by atoms with van der Waals surface area (Å²) in [5.74, 6) is -1.06. The van der Waals surface area contributed by atoms with E-state index >= 15 is 0 Å². The summed E-state index contributed by atoms with van der Waals surface area (Å²) in [6.45, 7) is 2.10. The zero-order chi connectivity index (χ0) is 18.7. The van der Waals surface area contributed by atoms with E-state index in [1.54, 1.807) is 29.9 Å². The SMILES string of the molecule is CC(C(=O)Nc1ccn(Cc2ccccc2Cl)n1)n1cc(C(=O)O)cn1. The van der Waals surface area contributed by atoms with Gasteiger partial charge in [-0.2, -0.15) is 10.2 Å². The second-order valence-electron chi connectivity index (χ2n) is 5.67. The first-order valence-corrected chi connectivity index (χ1v) is 8.17. The number of carboxylic acid groups (broad SMARTS) is 1. The van der Waals surface area contributed by atoms with Crippen LogP contribution < -0.4 is 5.32 Å². The van der Waals surface area contributed by atoms with E-state index in [4.69, 9.17) is 16.7 Å². The van der Waals surface area contributed by atoms with Gasteiger partial charge in [0.1, 0.15) is 6.04 Å². The third kappa shape index (κ3) is 3.92. The Kier molecular flexibility index (Phi) is 5.04. The Hall–Kier alpha value is -3.13. The molecule has 0 spiro atoms. The van der Waals surface area contributed by atoms with Crippen LogP contribution in [0.4, 0.5) is 5.82 Å². The lowest BCUT2D eigenvalue weighted by molar-refractivity contribution is -0.119. The Labute approximate surface area is 154 Å². The molecule has 1 aromatic carbocycles. The minimum Gasteiger partial charge on any atom is -0.478 e. The summed E-state index contributed by atoms with van der Waals surface area (Å²) in [4.78, 5) is 23.2. The highest BCUT2D eigenvalue weighted by Gasteiger charge is 2.18. The minimum atomic E-state index is -1.10. The standard InChI is InChI=1S/C17H16ClN5O3/c1-11(23-10-13(8-19-23)17(25)26)16(24)20-15-6-7-22(21-15)9-12-4-2-3-5-14(12)18/h2-8,10-11H,9H2,1H3,(H,25,26)(H,20,21,24). The van der Waals surface area contributed by atoms with Gasteiger partial charge in [-0.1, -0.05) is 29.8 Å². The molecule has 8 nitrogen and oxygen atoms in total. The lowest BCUT2D eigenvalue weighted by Gasteiger charge is -2.11. The van der Waals surface area contributed by atoms with E-state index in [0.29, 0.717) is 17.4 Å². The van der Waals surface area contributed by atoms with Gasteiger partial charge >= 0.3 is 5.97 Å². The number of halogens is 1. The third-order valence-electron chi connectivity index (χ3n) is 3.81. The molecule has 2 heterocycles. The molecular formula is C17H16ClN5O3. The average molecular weight is 374 g/mol. The summed E-state index contributed by atoms with van der Waals surface area (Å²) in [6.07, 6.45) is 4.24. The number of benzene rings is 1. The van der Waals surface area contributed by atoms with E-state index in [0.717, 1.165) is 5.56 Å². The molecule has 134 valence electrons. The highest BCUT2D eigenvalue weighted by Crippen LogP contribution is 2.17. The minimum absolute atomic E-state index is 0.0219. The molecule has 0 aliphatic carbocycles. The molecule has 0 radical (unpaired) electrons. The van der Waals surface area contributed by atoms with Crippen molar-refractivity contribution in [2.24, 2.45) is 0 Å². The fourth-order valence-corrected chi connectivity index (χ4v) is 2.52. The predicted molar refractivity (Wildman–Crippen MR) is 95.3 cm³/mol. The zero-order valence-electron chi connectivity index (χ0n) is 13.8. The molecule has 3 aromatic rings. The Bertz CT molecular complexity index is 949. The van der Waals surface area contributed by atoms with Crippen molar-refractivity contribution in [1.82, 2.24) is 19.6 Å². The van der Waals surface area contributed by atoms with Crippen molar-refractivity contribution in [3.05, 3.63) is 65.1 Å². The van der Waals surface area contributed by atoms with Gasteiger partial charge in [-0.3, -0.25) is 14.2 Å². The van der Waals surface area contributed by atoms with Crippen LogP contribution in [-0.2, 0) is 11.3 Å². The van der Waals surface area contributed by atoms with Crippen molar-refractivity contribution in [2.75, 3.05) is 5.32 Å². The number of nitrogens with zero attached hydrogens (tertiary/aromatic N) is 4. The van der Waals surface area contributed by atoms with Crippen LogP contribution in [0.2, 0.25) is 5.02 Å². The number of hydrogen-bond acceptors (Lipinski definition) is 4. The quantitative estimate of drug-likeness (QED) is 0.691.